The van der Waals surface area contributed by atoms with Gasteiger partial charge in [0.2, 0.25) is 0 Å². The van der Waals surface area contributed by atoms with E-state index < -0.39 is 6.10 Å². The molecule has 0 aliphatic carbocycles. The number of aromatic nitrogens is 3. The van der Waals surface area contributed by atoms with E-state index >= 15 is 0 Å². The number of halogens is 1. The predicted molar refractivity (Wildman–Crippen MR) is 75.8 cm³/mol. The molecule has 1 unspecified atom stereocenters. The molecule has 0 bridgehead atoms. The van der Waals surface area contributed by atoms with Crippen molar-refractivity contribution >= 4 is 21.4 Å². The number of rotatable bonds is 3. The van der Waals surface area contributed by atoms with Crippen LogP contribution < -0.4 is 0 Å². The van der Waals surface area contributed by atoms with Gasteiger partial charge in [0.1, 0.15) is 0 Å². The van der Waals surface area contributed by atoms with Crippen LogP contribution in [-0.2, 0) is 6.42 Å². The Labute approximate surface area is 118 Å². The largest absolute Gasteiger partial charge is 0.388 e. The summed E-state index contributed by atoms with van der Waals surface area (Å²) in [6.45, 7) is 0. The van der Waals surface area contributed by atoms with Gasteiger partial charge in [0.05, 0.1) is 17.8 Å². The molecule has 0 radical (unpaired) electrons. The van der Waals surface area contributed by atoms with Crippen molar-refractivity contribution in [3.8, 4) is 0 Å². The molecular formula is C14H12BrN3O. The topological polar surface area (TPSA) is 50.4 Å². The van der Waals surface area contributed by atoms with Crippen molar-refractivity contribution in [2.24, 2.45) is 0 Å². The van der Waals surface area contributed by atoms with Crippen LogP contribution in [-0.4, -0.2) is 19.7 Å². The van der Waals surface area contributed by atoms with E-state index in [0.717, 1.165) is 21.1 Å². The minimum Gasteiger partial charge on any atom is -0.388 e. The lowest BCUT2D eigenvalue weighted by atomic mass is 10.0. The van der Waals surface area contributed by atoms with E-state index in [1.165, 1.54) is 0 Å². The van der Waals surface area contributed by atoms with Gasteiger partial charge in [0.25, 0.3) is 0 Å². The molecule has 5 heteroatoms. The Morgan fingerprint density at radius 3 is 3.00 bits per heavy atom. The lowest BCUT2D eigenvalue weighted by Crippen LogP contribution is -2.02. The van der Waals surface area contributed by atoms with Crippen LogP contribution >= 0.6 is 15.9 Å². The second-order valence-electron chi connectivity index (χ2n) is 4.36. The second-order valence-corrected chi connectivity index (χ2v) is 5.28. The highest BCUT2D eigenvalue weighted by Crippen LogP contribution is 2.23. The molecule has 0 saturated heterocycles. The first-order chi connectivity index (χ1) is 9.24. The number of hydrogen-bond acceptors (Lipinski definition) is 3. The zero-order chi connectivity index (χ0) is 13.2. The quantitative estimate of drug-likeness (QED) is 0.808. The van der Waals surface area contributed by atoms with Gasteiger partial charge in [-0.2, -0.15) is 5.10 Å². The van der Waals surface area contributed by atoms with E-state index in [0.29, 0.717) is 6.42 Å². The van der Waals surface area contributed by atoms with Gasteiger partial charge < -0.3 is 5.11 Å². The molecule has 0 aliphatic heterocycles. The predicted octanol–water partition coefficient (Wildman–Crippen LogP) is 2.77. The Hall–Kier alpha value is -1.72. The summed E-state index contributed by atoms with van der Waals surface area (Å²) < 4.78 is 2.68. The van der Waals surface area contributed by atoms with Gasteiger partial charge in [-0.1, -0.05) is 6.07 Å². The van der Waals surface area contributed by atoms with Gasteiger partial charge >= 0.3 is 0 Å². The molecule has 0 aromatic carbocycles. The van der Waals surface area contributed by atoms with Crippen molar-refractivity contribution in [1.82, 2.24) is 14.6 Å². The summed E-state index contributed by atoms with van der Waals surface area (Å²) in [5.41, 5.74) is 2.75. The van der Waals surface area contributed by atoms with Crippen molar-refractivity contribution in [2.45, 2.75) is 12.5 Å². The van der Waals surface area contributed by atoms with Crippen LogP contribution in [0, 0.1) is 0 Å². The van der Waals surface area contributed by atoms with Crippen molar-refractivity contribution in [3.63, 3.8) is 0 Å². The van der Waals surface area contributed by atoms with Crippen LogP contribution in [0.5, 0.6) is 0 Å². The van der Waals surface area contributed by atoms with E-state index in [1.54, 1.807) is 23.1 Å². The highest BCUT2D eigenvalue weighted by molar-refractivity contribution is 9.10. The number of aliphatic hydroxyl groups is 1. The fourth-order valence-electron chi connectivity index (χ4n) is 2.11. The maximum atomic E-state index is 10.4. The third kappa shape index (κ3) is 2.52. The van der Waals surface area contributed by atoms with Gasteiger partial charge in [0, 0.05) is 35.0 Å². The molecule has 1 N–H and O–H groups in total. The maximum absolute atomic E-state index is 10.4. The molecule has 96 valence electrons. The fraction of sp³-hybridized carbons (Fsp3) is 0.143. The summed E-state index contributed by atoms with van der Waals surface area (Å²) in [4.78, 5) is 4.10. The third-order valence-corrected chi connectivity index (χ3v) is 3.44. The number of nitrogens with zero attached hydrogens (tertiary/aromatic N) is 3. The molecule has 3 heterocycles. The Kier molecular flexibility index (Phi) is 3.31. The summed E-state index contributed by atoms with van der Waals surface area (Å²) in [7, 11) is 0. The Balaban J connectivity index is 1.90. The summed E-state index contributed by atoms with van der Waals surface area (Å²) in [6.07, 6.45) is 7.00. The number of fused-ring (bicyclic) bond motifs is 1. The van der Waals surface area contributed by atoms with Crippen LogP contribution in [0.3, 0.4) is 0 Å². The lowest BCUT2D eigenvalue weighted by molar-refractivity contribution is 0.180. The molecule has 4 nitrogen and oxygen atoms in total. The zero-order valence-electron chi connectivity index (χ0n) is 10.1. The summed E-state index contributed by atoms with van der Waals surface area (Å²) in [5.74, 6) is 0. The normalized spacial score (nSPS) is 12.7. The Morgan fingerprint density at radius 2 is 2.16 bits per heavy atom. The van der Waals surface area contributed by atoms with Crippen molar-refractivity contribution in [3.05, 3.63) is 64.7 Å². The summed E-state index contributed by atoms with van der Waals surface area (Å²) in [5, 5.41) is 14.6. The first-order valence-corrected chi connectivity index (χ1v) is 6.73. The smallest absolute Gasteiger partial charge is 0.0867 e. The molecular weight excluding hydrogens is 306 g/mol. The van der Waals surface area contributed by atoms with Gasteiger partial charge in [-0.15, -0.1) is 0 Å². The van der Waals surface area contributed by atoms with Crippen LogP contribution in [0.15, 0.2) is 53.5 Å². The third-order valence-electron chi connectivity index (χ3n) is 3.01. The monoisotopic (exact) mass is 317 g/mol. The van der Waals surface area contributed by atoms with E-state index in [9.17, 15) is 5.11 Å². The van der Waals surface area contributed by atoms with Crippen LogP contribution in [0.2, 0.25) is 0 Å². The van der Waals surface area contributed by atoms with Crippen LogP contribution in [0.25, 0.3) is 5.52 Å². The van der Waals surface area contributed by atoms with Crippen LogP contribution in [0.1, 0.15) is 17.2 Å². The van der Waals surface area contributed by atoms with E-state index in [2.05, 4.69) is 26.0 Å². The standard InChI is InChI=1S/C14H12BrN3O/c15-11-5-10(7-16-8-11)6-14(19)12-9-17-18-4-2-1-3-13(12)18/h1-5,7-9,14,19H,6H2. The molecule has 0 spiro atoms. The van der Waals surface area contributed by atoms with Crippen molar-refractivity contribution in [2.75, 3.05) is 0 Å². The van der Waals surface area contributed by atoms with Gasteiger partial charge in [-0.3, -0.25) is 4.98 Å². The first kappa shape index (κ1) is 12.3. The van der Waals surface area contributed by atoms with Gasteiger partial charge in [0.15, 0.2) is 0 Å². The van der Waals surface area contributed by atoms with Crippen molar-refractivity contribution < 1.29 is 5.11 Å². The van der Waals surface area contributed by atoms with Gasteiger partial charge in [-0.05, 0) is 39.7 Å². The second kappa shape index (κ2) is 5.11. The summed E-state index contributed by atoms with van der Waals surface area (Å²) in [6, 6.07) is 7.76. The lowest BCUT2D eigenvalue weighted by Gasteiger charge is -2.09. The molecule has 0 aliphatic rings. The average molecular weight is 318 g/mol. The maximum Gasteiger partial charge on any atom is 0.0867 e. The van der Waals surface area contributed by atoms with E-state index in [1.807, 2.05) is 30.5 Å². The average Bonchev–Trinajstić information content (AvgIpc) is 2.82. The molecule has 1 atom stereocenters. The molecule has 3 rings (SSSR count). The van der Waals surface area contributed by atoms with Crippen LogP contribution in [0.4, 0.5) is 0 Å². The highest BCUT2D eigenvalue weighted by Gasteiger charge is 2.14. The zero-order valence-corrected chi connectivity index (χ0v) is 11.7. The molecule has 0 saturated carbocycles. The first-order valence-electron chi connectivity index (χ1n) is 5.94. The molecule has 0 amide bonds. The summed E-state index contributed by atoms with van der Waals surface area (Å²) >= 11 is 3.38. The minimum atomic E-state index is -0.587. The number of aliphatic hydroxyl groups excluding tert-OH is 1. The highest BCUT2D eigenvalue weighted by atomic mass is 79.9. The number of pyridine rings is 2. The molecule has 0 fully saturated rings. The van der Waals surface area contributed by atoms with E-state index in [4.69, 9.17) is 0 Å². The Morgan fingerprint density at radius 1 is 1.26 bits per heavy atom. The van der Waals surface area contributed by atoms with E-state index in [-0.39, 0.29) is 0 Å². The van der Waals surface area contributed by atoms with Crippen molar-refractivity contribution in [1.29, 1.82) is 0 Å². The minimum absolute atomic E-state index is 0.517. The Bertz CT molecular complexity index is 710. The van der Waals surface area contributed by atoms with Gasteiger partial charge in [-0.25, -0.2) is 4.52 Å². The molecule has 19 heavy (non-hydrogen) atoms. The fourth-order valence-corrected chi connectivity index (χ4v) is 2.52. The molecule has 3 aromatic heterocycles. The SMILES string of the molecule is OC(Cc1cncc(Br)c1)c1cnn2ccccc12. The number of hydrogen-bond donors (Lipinski definition) is 1. The molecule has 3 aromatic rings.